The Morgan fingerprint density at radius 1 is 0.600 bits per heavy atom. The van der Waals surface area contributed by atoms with Crippen LogP contribution in [0.5, 0.6) is 0 Å². The third kappa shape index (κ3) is 9.31. The van der Waals surface area contributed by atoms with Crippen LogP contribution < -0.4 is 19.0 Å². The number of para-hydroxylation sites is 2. The van der Waals surface area contributed by atoms with Gasteiger partial charge in [-0.15, -0.1) is 38.2 Å². The quantitative estimate of drug-likeness (QED) is 0.218. The van der Waals surface area contributed by atoms with E-state index in [1.165, 1.54) is 9.69 Å². The minimum Gasteiger partial charge on any atom is -0.786 e. The van der Waals surface area contributed by atoms with E-state index in [0.717, 1.165) is 22.1 Å². The van der Waals surface area contributed by atoms with Crippen molar-refractivity contribution in [2.45, 2.75) is 0 Å². The Morgan fingerprint density at radius 2 is 0.844 bits per heavy atom. The van der Waals surface area contributed by atoms with Crippen LogP contribution in [-0.2, 0) is 4.57 Å². The molecule has 17 nitrogen and oxygen atoms in total. The zero-order valence-electron chi connectivity index (χ0n) is 27.7. The van der Waals surface area contributed by atoms with E-state index in [9.17, 15) is 4.20 Å². The van der Waals surface area contributed by atoms with Crippen LogP contribution in [0.1, 0.15) is 0 Å². The second-order valence-corrected chi connectivity index (χ2v) is 18.6. The summed E-state index contributed by atoms with van der Waals surface area (Å²) in [6, 6.07) is 15.5. The summed E-state index contributed by atoms with van der Waals surface area (Å²) in [5, 5.41) is 16.5. The number of aromatic nitrogens is 6. The molecule has 0 fully saturated rings. The van der Waals surface area contributed by atoms with E-state index in [1.807, 2.05) is 133 Å². The number of hydrogen-bond donors (Lipinski definition) is 0. The second kappa shape index (κ2) is 15.9. The maximum atomic E-state index is 10.1. The minimum atomic E-state index is -5.64. The largest absolute Gasteiger partial charge is 0.786 e. The summed E-state index contributed by atoms with van der Waals surface area (Å²) < 4.78 is 43.6. The molecule has 0 aliphatic heterocycles. The van der Waals surface area contributed by atoms with Crippen molar-refractivity contribution in [2.75, 3.05) is 84.6 Å². The van der Waals surface area contributed by atoms with E-state index in [-0.39, 0.29) is 0 Å². The van der Waals surface area contributed by atoms with Gasteiger partial charge in [-0.05, 0) is 44.4 Å². The molecule has 0 atom stereocenters. The van der Waals surface area contributed by atoms with Crippen LogP contribution in [-0.4, -0.2) is 143 Å². The van der Waals surface area contributed by atoms with Gasteiger partial charge in [-0.1, -0.05) is 24.3 Å². The van der Waals surface area contributed by atoms with E-state index in [0.29, 0.717) is 0 Å². The molecular formula is C24H44FN12O5P3. The molecule has 0 bridgehead atoms. The first-order chi connectivity index (χ1) is 20.8. The number of fused-ring (bicyclic) bond motifs is 2. The lowest BCUT2D eigenvalue weighted by Gasteiger charge is -2.35. The first-order valence-corrected chi connectivity index (χ1v) is 17.9. The third-order valence-electron chi connectivity index (χ3n) is 6.14. The van der Waals surface area contributed by atoms with Crippen molar-refractivity contribution < 1.29 is 27.8 Å². The maximum absolute atomic E-state index is 10.1. The average Bonchev–Trinajstić information content (AvgIpc) is 3.52. The van der Waals surface area contributed by atoms with Gasteiger partial charge in [0.05, 0.1) is 0 Å². The van der Waals surface area contributed by atoms with Gasteiger partial charge in [0.1, 0.15) is 30.0 Å². The topological polar surface area (TPSA) is 163 Å². The van der Waals surface area contributed by atoms with Crippen molar-refractivity contribution >= 4 is 45.9 Å². The zero-order valence-corrected chi connectivity index (χ0v) is 30.4. The minimum absolute atomic E-state index is 0.821. The third-order valence-corrected chi connectivity index (χ3v) is 13.1. The van der Waals surface area contributed by atoms with E-state index in [2.05, 4.69) is 48.6 Å². The summed E-state index contributed by atoms with van der Waals surface area (Å²) in [4.78, 5) is 19.9. The van der Waals surface area contributed by atoms with Crippen molar-refractivity contribution in [3.05, 3.63) is 48.5 Å². The Balaban J connectivity index is 0.000000273. The fourth-order valence-electron chi connectivity index (χ4n) is 4.61. The van der Waals surface area contributed by atoms with E-state index >= 15 is 0 Å². The Morgan fingerprint density at radius 3 is 1.09 bits per heavy atom. The lowest BCUT2D eigenvalue weighted by atomic mass is 10.3. The van der Waals surface area contributed by atoms with Gasteiger partial charge in [0.25, 0.3) is 0 Å². The summed E-state index contributed by atoms with van der Waals surface area (Å²) >= 11 is 0. The van der Waals surface area contributed by atoms with Crippen LogP contribution in [0.4, 0.5) is 4.20 Å². The van der Waals surface area contributed by atoms with Crippen molar-refractivity contribution in [1.29, 1.82) is 0 Å². The van der Waals surface area contributed by atoms with Crippen molar-refractivity contribution in [3.8, 4) is 0 Å². The number of halogens is 1. The molecular weight excluding hydrogens is 648 g/mol. The molecule has 0 unspecified atom stereocenters. The molecule has 4 rings (SSSR count). The smallest absolute Gasteiger partial charge is 0.449 e. The fourth-order valence-corrected chi connectivity index (χ4v) is 10.4. The van der Waals surface area contributed by atoms with Crippen molar-refractivity contribution in [3.63, 3.8) is 0 Å². The highest BCUT2D eigenvalue weighted by Gasteiger charge is 2.55. The molecule has 252 valence electrons. The van der Waals surface area contributed by atoms with Crippen LogP contribution >= 0.6 is 23.8 Å². The predicted octanol–water partition coefficient (Wildman–Crippen LogP) is 1.23. The molecule has 2 heterocycles. The zero-order chi connectivity index (χ0) is 34.3. The lowest BCUT2D eigenvalue weighted by molar-refractivity contribution is -0.328. The highest BCUT2D eigenvalue weighted by atomic mass is 31.2. The SMILES string of the molecule is CN(C)[P+](On1nnc2ccccc21)(N(C)C)N(C)C.CN(C)[P+](On1nnc2ccccc21)(N(C)C)N(C)C.O=P([O-])([O-])F. The molecule has 0 radical (unpaired) electrons. The van der Waals surface area contributed by atoms with Crippen molar-refractivity contribution in [1.82, 2.24) is 58.3 Å². The van der Waals surface area contributed by atoms with E-state index in [4.69, 9.17) is 23.6 Å². The van der Waals surface area contributed by atoms with Crippen LogP contribution in [0.25, 0.3) is 22.1 Å². The predicted molar refractivity (Wildman–Crippen MR) is 173 cm³/mol. The van der Waals surface area contributed by atoms with E-state index < -0.39 is 23.8 Å². The molecule has 0 saturated carbocycles. The highest BCUT2D eigenvalue weighted by Crippen LogP contribution is 2.62. The number of hydrogen-bond acceptors (Lipinski definition) is 15. The Hall–Kier alpha value is -2.46. The van der Waals surface area contributed by atoms with Gasteiger partial charge in [0, 0.05) is 84.6 Å². The summed E-state index contributed by atoms with van der Waals surface area (Å²) in [6.07, 6.45) is 0. The Labute approximate surface area is 265 Å². The standard InChI is InChI=1S/2C12H22N6OP.FH2O3P/c2*1-15(2)20(16(3)4,17(5)6)19-18-12-10-8-7-9-11(12)13-14-18;1-5(2,3)4/h2*7-10H,1-6H3;(H2,2,3,4)/q2*+1;/p-2. The molecule has 2 aromatic heterocycles. The van der Waals surface area contributed by atoms with Gasteiger partial charge in [0.2, 0.25) is 0 Å². The molecule has 0 saturated heterocycles. The summed E-state index contributed by atoms with van der Waals surface area (Å²) in [5.74, 6) is 0. The molecule has 0 aliphatic carbocycles. The highest BCUT2D eigenvalue weighted by molar-refractivity contribution is 7.64. The van der Waals surface area contributed by atoms with Crippen LogP contribution in [0.2, 0.25) is 0 Å². The monoisotopic (exact) mass is 692 g/mol. The number of rotatable bonds is 10. The Kier molecular flexibility index (Phi) is 13.7. The first-order valence-electron chi connectivity index (χ1n) is 13.4. The summed E-state index contributed by atoms with van der Waals surface area (Å²) in [6.45, 7) is 0. The van der Waals surface area contributed by atoms with Gasteiger partial charge in [-0.3, -0.25) is 0 Å². The molecule has 45 heavy (non-hydrogen) atoms. The van der Waals surface area contributed by atoms with Gasteiger partial charge in [-0.2, -0.15) is 9.25 Å². The summed E-state index contributed by atoms with van der Waals surface area (Å²) in [7, 11) is 14.2. The molecule has 21 heteroatoms. The molecule has 4 aromatic rings. The fraction of sp³-hybridized carbons (Fsp3) is 0.500. The van der Waals surface area contributed by atoms with Gasteiger partial charge < -0.3 is 14.4 Å². The molecule has 0 amide bonds. The molecule has 0 N–H and O–H groups in total. The average molecular weight is 693 g/mol. The summed E-state index contributed by atoms with van der Waals surface area (Å²) in [5.41, 5.74) is 3.37. The lowest BCUT2D eigenvalue weighted by Crippen LogP contribution is -2.42. The Bertz CT molecular complexity index is 1390. The number of nitrogens with zero attached hydrogens (tertiary/aromatic N) is 12. The van der Waals surface area contributed by atoms with Crippen LogP contribution in [0, 0.1) is 0 Å². The van der Waals surface area contributed by atoms with Crippen LogP contribution in [0.15, 0.2) is 48.5 Å². The normalized spacial score (nSPS) is 12.7. The van der Waals surface area contributed by atoms with Gasteiger partial charge in [0.15, 0.2) is 0 Å². The molecule has 0 aliphatic rings. The maximum Gasteiger partial charge on any atom is 0.449 e. The second-order valence-electron chi connectivity index (χ2n) is 10.6. The van der Waals surface area contributed by atoms with Crippen molar-refractivity contribution in [2.24, 2.45) is 0 Å². The number of benzene rings is 2. The molecule has 0 spiro atoms. The van der Waals surface area contributed by atoms with E-state index in [1.54, 1.807) is 0 Å². The van der Waals surface area contributed by atoms with Crippen LogP contribution in [0.3, 0.4) is 0 Å². The first kappa shape index (κ1) is 38.7. The van der Waals surface area contributed by atoms with Gasteiger partial charge >= 0.3 is 15.9 Å². The molecule has 2 aromatic carbocycles. The van der Waals surface area contributed by atoms with Gasteiger partial charge in [-0.25, -0.2) is 4.20 Å².